The van der Waals surface area contributed by atoms with E-state index in [4.69, 9.17) is 10.1 Å². The fourth-order valence-corrected chi connectivity index (χ4v) is 6.20. The number of nitrogens with one attached hydrogen (secondary N) is 3. The summed E-state index contributed by atoms with van der Waals surface area (Å²) in [6.07, 6.45) is 7.97. The Balaban J connectivity index is 1.49. The van der Waals surface area contributed by atoms with Gasteiger partial charge < -0.3 is 20.5 Å². The molecule has 0 aromatic carbocycles. The van der Waals surface area contributed by atoms with Crippen LogP contribution in [-0.4, -0.2) is 40.8 Å². The maximum absolute atomic E-state index is 10.9. The molecule has 1 aromatic heterocycles. The predicted octanol–water partition coefficient (Wildman–Crippen LogP) is 2.76. The highest BCUT2D eigenvalue weighted by atomic mass is 16.5. The standard InChI is InChI=1S/C20H28N4O2/c1-2-26-18(21)15-10-23-19-14(3-4-22-19)17(15)24-16-12-5-11-6-13(16)9-20(25,7-11)8-12/h10-13,16,21,25H,2-9H2,1H3,(H2,22,23,24). The first kappa shape index (κ1) is 16.4. The van der Waals surface area contributed by atoms with Gasteiger partial charge in [0.2, 0.25) is 5.90 Å². The van der Waals surface area contributed by atoms with E-state index in [1.54, 1.807) is 6.20 Å². The SMILES string of the molecule is CCOC(=N)c1cnc2c(c1NC1C3CC4CC1CC(O)(C4)C3)CCN2. The molecule has 2 atom stereocenters. The Kier molecular flexibility index (Phi) is 3.68. The van der Waals surface area contributed by atoms with Crippen molar-refractivity contribution in [2.24, 2.45) is 17.8 Å². The minimum absolute atomic E-state index is 0.194. The van der Waals surface area contributed by atoms with Crippen LogP contribution in [0.3, 0.4) is 0 Å². The molecule has 4 fully saturated rings. The average Bonchev–Trinajstić information content (AvgIpc) is 3.05. The number of nitrogens with zero attached hydrogens (tertiary/aromatic N) is 1. The van der Waals surface area contributed by atoms with Crippen LogP contribution in [0.4, 0.5) is 11.5 Å². The van der Waals surface area contributed by atoms with Gasteiger partial charge in [0.1, 0.15) is 5.82 Å². The van der Waals surface area contributed by atoms with Crippen LogP contribution in [0.15, 0.2) is 6.20 Å². The second-order valence-corrected chi connectivity index (χ2v) is 8.68. The number of hydrogen-bond donors (Lipinski definition) is 4. The number of pyridine rings is 1. The van der Waals surface area contributed by atoms with Crippen LogP contribution in [0.25, 0.3) is 0 Å². The molecular formula is C20H28N4O2. The van der Waals surface area contributed by atoms with E-state index in [9.17, 15) is 5.11 Å². The van der Waals surface area contributed by atoms with Crippen LogP contribution < -0.4 is 10.6 Å². The molecule has 4 saturated carbocycles. The van der Waals surface area contributed by atoms with Crippen molar-refractivity contribution in [2.75, 3.05) is 23.8 Å². The quantitative estimate of drug-likeness (QED) is 0.492. The van der Waals surface area contributed by atoms with Gasteiger partial charge in [0, 0.05) is 24.3 Å². The van der Waals surface area contributed by atoms with Gasteiger partial charge in [-0.05, 0) is 63.2 Å². The number of rotatable bonds is 4. The Morgan fingerprint density at radius 3 is 2.85 bits per heavy atom. The lowest BCUT2D eigenvalue weighted by atomic mass is 9.52. The molecule has 5 aliphatic rings. The van der Waals surface area contributed by atoms with Crippen molar-refractivity contribution >= 4 is 17.4 Å². The molecule has 140 valence electrons. The Bertz CT molecular complexity index is 734. The lowest BCUT2D eigenvalue weighted by Crippen LogP contribution is -2.59. The number of fused-ring (bicyclic) bond motifs is 1. The molecule has 6 heteroatoms. The number of anilines is 2. The molecule has 1 aromatic rings. The van der Waals surface area contributed by atoms with Gasteiger partial charge in [-0.15, -0.1) is 0 Å². The number of aromatic nitrogens is 1. The summed E-state index contributed by atoms with van der Waals surface area (Å²) in [5, 5.41) is 26.4. The molecule has 4 bridgehead atoms. The summed E-state index contributed by atoms with van der Waals surface area (Å²) in [7, 11) is 0. The van der Waals surface area contributed by atoms with Gasteiger partial charge in [-0.2, -0.15) is 0 Å². The van der Waals surface area contributed by atoms with Crippen LogP contribution in [0.1, 0.15) is 50.2 Å². The topological polar surface area (TPSA) is 90.3 Å². The van der Waals surface area contributed by atoms with Crippen molar-refractivity contribution in [3.05, 3.63) is 17.3 Å². The summed E-state index contributed by atoms with van der Waals surface area (Å²) < 4.78 is 5.49. The second kappa shape index (κ2) is 5.84. The molecule has 0 saturated heterocycles. The normalized spacial score (nSPS) is 36.5. The maximum Gasteiger partial charge on any atom is 0.216 e. The molecule has 0 spiro atoms. The van der Waals surface area contributed by atoms with Crippen LogP contribution in [0.5, 0.6) is 0 Å². The summed E-state index contributed by atoms with van der Waals surface area (Å²) in [4.78, 5) is 4.51. The second-order valence-electron chi connectivity index (χ2n) is 8.68. The van der Waals surface area contributed by atoms with Gasteiger partial charge in [-0.3, -0.25) is 5.41 Å². The highest BCUT2D eigenvalue weighted by Crippen LogP contribution is 2.56. The predicted molar refractivity (Wildman–Crippen MR) is 101 cm³/mol. The third-order valence-electron chi connectivity index (χ3n) is 6.93. The van der Waals surface area contributed by atoms with Crippen molar-refractivity contribution in [1.29, 1.82) is 5.41 Å². The summed E-state index contributed by atoms with van der Waals surface area (Å²) in [6, 6.07) is 0.382. The lowest BCUT2D eigenvalue weighted by Gasteiger charge is -2.58. The molecular weight excluding hydrogens is 328 g/mol. The molecule has 4 aliphatic carbocycles. The minimum Gasteiger partial charge on any atom is -0.478 e. The smallest absolute Gasteiger partial charge is 0.216 e. The average molecular weight is 356 g/mol. The van der Waals surface area contributed by atoms with Crippen molar-refractivity contribution in [1.82, 2.24) is 4.98 Å². The van der Waals surface area contributed by atoms with E-state index in [2.05, 4.69) is 15.6 Å². The highest BCUT2D eigenvalue weighted by molar-refractivity contribution is 5.99. The van der Waals surface area contributed by atoms with Gasteiger partial charge >= 0.3 is 0 Å². The van der Waals surface area contributed by atoms with Gasteiger partial charge in [0.05, 0.1) is 23.5 Å². The number of hydrogen-bond acceptors (Lipinski definition) is 6. The first-order valence-electron chi connectivity index (χ1n) is 10.0. The number of ether oxygens (including phenoxy) is 1. The van der Waals surface area contributed by atoms with Crippen molar-refractivity contribution in [3.63, 3.8) is 0 Å². The zero-order valence-corrected chi connectivity index (χ0v) is 15.3. The van der Waals surface area contributed by atoms with E-state index in [1.807, 2.05) is 6.92 Å². The lowest BCUT2D eigenvalue weighted by molar-refractivity contribution is -0.129. The number of aliphatic hydroxyl groups is 1. The Hall–Kier alpha value is -1.82. The van der Waals surface area contributed by atoms with E-state index in [1.165, 1.54) is 18.4 Å². The van der Waals surface area contributed by atoms with E-state index >= 15 is 0 Å². The summed E-state index contributed by atoms with van der Waals surface area (Å²) >= 11 is 0. The van der Waals surface area contributed by atoms with Crippen LogP contribution >= 0.6 is 0 Å². The first-order chi connectivity index (χ1) is 12.6. The Morgan fingerprint density at radius 1 is 1.38 bits per heavy atom. The van der Waals surface area contributed by atoms with Crippen molar-refractivity contribution in [2.45, 2.75) is 57.1 Å². The molecule has 1 aliphatic heterocycles. The highest BCUT2D eigenvalue weighted by Gasteiger charge is 2.54. The molecule has 6 rings (SSSR count). The minimum atomic E-state index is -0.419. The van der Waals surface area contributed by atoms with Gasteiger partial charge in [-0.25, -0.2) is 4.98 Å². The Labute approximate surface area is 154 Å². The van der Waals surface area contributed by atoms with Crippen LogP contribution in [-0.2, 0) is 11.2 Å². The molecule has 2 unspecified atom stereocenters. The molecule has 0 amide bonds. The van der Waals surface area contributed by atoms with Gasteiger partial charge in [0.25, 0.3) is 0 Å². The molecule has 2 heterocycles. The van der Waals surface area contributed by atoms with E-state index in [0.29, 0.717) is 30.4 Å². The van der Waals surface area contributed by atoms with Crippen molar-refractivity contribution < 1.29 is 9.84 Å². The molecule has 26 heavy (non-hydrogen) atoms. The van der Waals surface area contributed by atoms with Crippen molar-refractivity contribution in [3.8, 4) is 0 Å². The summed E-state index contributed by atoms with van der Waals surface area (Å²) in [5.41, 5.74) is 2.56. The maximum atomic E-state index is 10.9. The van der Waals surface area contributed by atoms with Crippen LogP contribution in [0.2, 0.25) is 0 Å². The van der Waals surface area contributed by atoms with Gasteiger partial charge in [-0.1, -0.05) is 0 Å². The zero-order chi connectivity index (χ0) is 17.9. The monoisotopic (exact) mass is 356 g/mol. The fourth-order valence-electron chi connectivity index (χ4n) is 6.20. The molecule has 4 N–H and O–H groups in total. The van der Waals surface area contributed by atoms with Crippen LogP contribution in [0, 0.1) is 23.2 Å². The third kappa shape index (κ3) is 2.49. The van der Waals surface area contributed by atoms with E-state index in [-0.39, 0.29) is 5.90 Å². The molecule has 6 nitrogen and oxygen atoms in total. The summed E-state index contributed by atoms with van der Waals surface area (Å²) in [6.45, 7) is 3.28. The van der Waals surface area contributed by atoms with E-state index in [0.717, 1.165) is 49.3 Å². The summed E-state index contributed by atoms with van der Waals surface area (Å²) in [5.74, 6) is 2.88. The Morgan fingerprint density at radius 2 is 2.15 bits per heavy atom. The first-order valence-corrected chi connectivity index (χ1v) is 10.0. The third-order valence-corrected chi connectivity index (χ3v) is 6.93. The van der Waals surface area contributed by atoms with Gasteiger partial charge in [0.15, 0.2) is 0 Å². The molecule has 0 radical (unpaired) electrons. The largest absolute Gasteiger partial charge is 0.478 e. The fraction of sp³-hybridized carbons (Fsp3) is 0.700. The zero-order valence-electron chi connectivity index (χ0n) is 15.3. The van der Waals surface area contributed by atoms with E-state index < -0.39 is 5.60 Å².